The third kappa shape index (κ3) is 26.5. The first-order valence-electron chi connectivity index (χ1n) is 18.5. The first kappa shape index (κ1) is 41.4. The number of ether oxygens (including phenoxy) is 3. The Kier molecular flexibility index (Phi) is 29.3. The molecule has 0 aromatic rings. The van der Waals surface area contributed by atoms with Crippen molar-refractivity contribution in [2.75, 3.05) is 13.2 Å². The summed E-state index contributed by atoms with van der Waals surface area (Å²) in [6, 6.07) is 0. The van der Waals surface area contributed by atoms with E-state index in [-0.39, 0.29) is 31.1 Å². The second-order valence-electron chi connectivity index (χ2n) is 12.7. The predicted octanol–water partition coefficient (Wildman–Crippen LogP) is 11.0. The quantitative estimate of drug-likeness (QED) is 0.0428. The van der Waals surface area contributed by atoms with Gasteiger partial charge in [-0.1, -0.05) is 150 Å². The van der Waals surface area contributed by atoms with Crippen LogP contribution in [0.1, 0.15) is 201 Å². The first-order chi connectivity index (χ1) is 20.9. The number of rotatable bonds is 32. The molecule has 0 atom stereocenters. The van der Waals surface area contributed by atoms with Gasteiger partial charge in [0.25, 0.3) is 0 Å². The summed E-state index contributed by atoms with van der Waals surface area (Å²) in [5.41, 5.74) is -1.13. The van der Waals surface area contributed by atoms with Crippen LogP contribution in [0.4, 0.5) is 0 Å². The van der Waals surface area contributed by atoms with Crippen molar-refractivity contribution >= 4 is 17.9 Å². The van der Waals surface area contributed by atoms with E-state index in [1.807, 2.05) is 0 Å². The zero-order chi connectivity index (χ0) is 31.9. The Bertz CT molecular complexity index is 627. The van der Waals surface area contributed by atoms with Gasteiger partial charge in [-0.25, -0.2) is 0 Å². The van der Waals surface area contributed by atoms with Gasteiger partial charge in [-0.15, -0.1) is 0 Å². The summed E-state index contributed by atoms with van der Waals surface area (Å²) in [6.45, 7) is 8.58. The lowest BCUT2D eigenvalue weighted by Gasteiger charge is -2.32. The molecule has 0 saturated carbocycles. The molecule has 0 aromatic heterocycles. The number of hydrogen-bond acceptors (Lipinski definition) is 6. The van der Waals surface area contributed by atoms with E-state index in [1.165, 1.54) is 77.0 Å². The fourth-order valence-electron chi connectivity index (χ4n) is 5.34. The van der Waals surface area contributed by atoms with Crippen LogP contribution in [0.2, 0.25) is 0 Å². The molecule has 43 heavy (non-hydrogen) atoms. The standard InChI is InChI=1S/C37H70O6/c1-5-9-13-16-19-22-25-28-34(38)41-32-37(31-12-8-4,43-36(40)30-27-24-21-18-15-11-7-3)33-42-35(39)29-26-23-20-17-14-10-6-2/h5-33H2,1-4H3. The minimum absolute atomic E-state index is 0.0597. The molecule has 6 heteroatoms. The van der Waals surface area contributed by atoms with Crippen LogP contribution in [0.5, 0.6) is 0 Å². The van der Waals surface area contributed by atoms with Crippen molar-refractivity contribution in [1.29, 1.82) is 0 Å². The Hall–Kier alpha value is -1.59. The lowest BCUT2D eigenvalue weighted by Crippen LogP contribution is -2.45. The van der Waals surface area contributed by atoms with Crippen molar-refractivity contribution in [3.05, 3.63) is 0 Å². The van der Waals surface area contributed by atoms with Crippen LogP contribution in [0.3, 0.4) is 0 Å². The normalized spacial score (nSPS) is 11.4. The number of carbonyl (C=O) groups is 3. The first-order valence-corrected chi connectivity index (χ1v) is 18.5. The molecule has 0 spiro atoms. The highest BCUT2D eigenvalue weighted by Gasteiger charge is 2.37. The van der Waals surface area contributed by atoms with E-state index in [1.54, 1.807) is 0 Å². The lowest BCUT2D eigenvalue weighted by atomic mass is 9.97. The molecule has 6 nitrogen and oxygen atoms in total. The Morgan fingerprint density at radius 3 is 1.05 bits per heavy atom. The monoisotopic (exact) mass is 611 g/mol. The zero-order valence-corrected chi connectivity index (χ0v) is 29.0. The van der Waals surface area contributed by atoms with Crippen LogP contribution in [0.15, 0.2) is 0 Å². The third-order valence-electron chi connectivity index (χ3n) is 8.26. The molecule has 254 valence electrons. The van der Waals surface area contributed by atoms with Gasteiger partial charge in [0.2, 0.25) is 0 Å². The topological polar surface area (TPSA) is 78.9 Å². The Balaban J connectivity index is 4.99. The number of hydrogen-bond donors (Lipinski definition) is 0. The van der Waals surface area contributed by atoms with Crippen LogP contribution < -0.4 is 0 Å². The zero-order valence-electron chi connectivity index (χ0n) is 29.0. The fraction of sp³-hybridized carbons (Fsp3) is 0.919. The molecule has 0 unspecified atom stereocenters. The molecule has 0 saturated heterocycles. The van der Waals surface area contributed by atoms with Gasteiger partial charge in [0.05, 0.1) is 0 Å². The maximum atomic E-state index is 13.0. The summed E-state index contributed by atoms with van der Waals surface area (Å²) < 4.78 is 17.5. The molecule has 0 heterocycles. The van der Waals surface area contributed by atoms with E-state index in [0.29, 0.717) is 25.7 Å². The molecule has 0 N–H and O–H groups in total. The van der Waals surface area contributed by atoms with Gasteiger partial charge in [0.1, 0.15) is 13.2 Å². The lowest BCUT2D eigenvalue weighted by molar-refractivity contribution is -0.186. The second kappa shape index (κ2) is 30.4. The van der Waals surface area contributed by atoms with Crippen LogP contribution in [0, 0.1) is 0 Å². The van der Waals surface area contributed by atoms with Gasteiger partial charge in [0.15, 0.2) is 5.60 Å². The van der Waals surface area contributed by atoms with Crippen LogP contribution >= 0.6 is 0 Å². The Labute approximate surface area is 266 Å². The van der Waals surface area contributed by atoms with Crippen molar-refractivity contribution < 1.29 is 28.6 Å². The van der Waals surface area contributed by atoms with Crippen molar-refractivity contribution in [3.63, 3.8) is 0 Å². The average Bonchev–Trinajstić information content (AvgIpc) is 3.00. The Morgan fingerprint density at radius 1 is 0.395 bits per heavy atom. The largest absolute Gasteiger partial charge is 0.461 e. The van der Waals surface area contributed by atoms with Gasteiger partial charge in [-0.3, -0.25) is 14.4 Å². The van der Waals surface area contributed by atoms with E-state index < -0.39 is 5.60 Å². The molecule has 0 aliphatic carbocycles. The van der Waals surface area contributed by atoms with Crippen LogP contribution in [-0.2, 0) is 28.6 Å². The highest BCUT2D eigenvalue weighted by atomic mass is 16.6. The van der Waals surface area contributed by atoms with Gasteiger partial charge in [-0.2, -0.15) is 0 Å². The number of esters is 3. The van der Waals surface area contributed by atoms with Gasteiger partial charge < -0.3 is 14.2 Å². The predicted molar refractivity (Wildman–Crippen MR) is 178 cm³/mol. The highest BCUT2D eigenvalue weighted by Crippen LogP contribution is 2.24. The van der Waals surface area contributed by atoms with E-state index in [2.05, 4.69) is 27.7 Å². The second-order valence-corrected chi connectivity index (χ2v) is 12.7. The van der Waals surface area contributed by atoms with E-state index >= 15 is 0 Å². The highest BCUT2D eigenvalue weighted by molar-refractivity contribution is 5.71. The summed E-state index contributed by atoms with van der Waals surface area (Å²) in [7, 11) is 0. The SMILES string of the molecule is CCCCCCCCCC(=O)OCC(CCCC)(COC(=O)CCCCCCCCC)OC(=O)CCCCCCCCC. The number of unbranched alkanes of at least 4 members (excludes halogenated alkanes) is 19. The summed E-state index contributed by atoms with van der Waals surface area (Å²) >= 11 is 0. The van der Waals surface area contributed by atoms with E-state index in [4.69, 9.17) is 14.2 Å². The third-order valence-corrected chi connectivity index (χ3v) is 8.26. The number of carbonyl (C=O) groups excluding carboxylic acids is 3. The Morgan fingerprint density at radius 2 is 0.698 bits per heavy atom. The van der Waals surface area contributed by atoms with Crippen LogP contribution in [0.25, 0.3) is 0 Å². The van der Waals surface area contributed by atoms with Gasteiger partial charge in [-0.05, 0) is 32.1 Å². The van der Waals surface area contributed by atoms with Crippen LogP contribution in [-0.4, -0.2) is 36.7 Å². The van der Waals surface area contributed by atoms with Gasteiger partial charge in [0, 0.05) is 19.3 Å². The minimum Gasteiger partial charge on any atom is -0.461 e. The van der Waals surface area contributed by atoms with Crippen molar-refractivity contribution in [2.24, 2.45) is 0 Å². The van der Waals surface area contributed by atoms with Crippen molar-refractivity contribution in [3.8, 4) is 0 Å². The molecule has 0 rings (SSSR count). The molecule has 0 radical (unpaired) electrons. The maximum Gasteiger partial charge on any atom is 0.306 e. The molecule has 0 fully saturated rings. The summed E-state index contributed by atoms with van der Waals surface area (Å²) in [6.07, 6.45) is 26.9. The summed E-state index contributed by atoms with van der Waals surface area (Å²) in [4.78, 5) is 38.3. The molecule has 0 bridgehead atoms. The van der Waals surface area contributed by atoms with Crippen molar-refractivity contribution in [1.82, 2.24) is 0 Å². The molecule has 0 amide bonds. The maximum absolute atomic E-state index is 13.0. The molecule has 0 aromatic carbocycles. The molecular formula is C37H70O6. The van der Waals surface area contributed by atoms with E-state index in [0.717, 1.165) is 70.6 Å². The molecular weight excluding hydrogens is 540 g/mol. The smallest absolute Gasteiger partial charge is 0.306 e. The van der Waals surface area contributed by atoms with E-state index in [9.17, 15) is 14.4 Å². The molecule has 0 aliphatic rings. The fourth-order valence-corrected chi connectivity index (χ4v) is 5.34. The van der Waals surface area contributed by atoms with Gasteiger partial charge >= 0.3 is 17.9 Å². The average molecular weight is 611 g/mol. The summed E-state index contributed by atoms with van der Waals surface area (Å²) in [5, 5.41) is 0. The summed E-state index contributed by atoms with van der Waals surface area (Å²) in [5.74, 6) is -0.838. The van der Waals surface area contributed by atoms with Crippen molar-refractivity contribution in [2.45, 2.75) is 207 Å². The minimum atomic E-state index is -1.13. The molecule has 0 aliphatic heterocycles.